The molecule has 0 aliphatic heterocycles. The third-order valence-corrected chi connectivity index (χ3v) is 5.96. The minimum Gasteiger partial charge on any atom is -0.352 e. The highest BCUT2D eigenvalue weighted by molar-refractivity contribution is 6.07. The summed E-state index contributed by atoms with van der Waals surface area (Å²) >= 11 is 0. The molecule has 0 fully saturated rings. The Balaban J connectivity index is 1.78. The van der Waals surface area contributed by atoms with E-state index in [1.165, 1.54) is 37.1 Å². The molecule has 2 aromatic carbocycles. The van der Waals surface area contributed by atoms with E-state index in [0.29, 0.717) is 12.1 Å². The summed E-state index contributed by atoms with van der Waals surface area (Å²) in [4.78, 5) is 19.6. The standard InChI is InChI=1S/C27H35N3O/c1-5-15-30(16-6-2)17-9-14-28-27(31)24-19-26(22-13-12-20(3)21(4)18-22)29-25-11-8-7-10-23(24)25/h7-8,10-13,18-19H,5-6,9,14-17H2,1-4H3,(H,28,31)/p+1. The maximum atomic E-state index is 13.1. The zero-order valence-electron chi connectivity index (χ0n) is 19.4. The molecule has 2 N–H and O–H groups in total. The van der Waals surface area contributed by atoms with Gasteiger partial charge < -0.3 is 10.2 Å². The van der Waals surface area contributed by atoms with Gasteiger partial charge in [0.05, 0.1) is 36.4 Å². The van der Waals surface area contributed by atoms with E-state index in [9.17, 15) is 4.79 Å². The number of quaternary nitrogens is 1. The van der Waals surface area contributed by atoms with Gasteiger partial charge in [0.1, 0.15) is 0 Å². The number of fused-ring (bicyclic) bond motifs is 1. The predicted molar refractivity (Wildman–Crippen MR) is 130 cm³/mol. The smallest absolute Gasteiger partial charge is 0.252 e. The highest BCUT2D eigenvalue weighted by Crippen LogP contribution is 2.26. The summed E-state index contributed by atoms with van der Waals surface area (Å²) in [6.45, 7) is 12.9. The summed E-state index contributed by atoms with van der Waals surface area (Å²) in [6, 6.07) is 16.2. The van der Waals surface area contributed by atoms with Gasteiger partial charge in [-0.1, -0.05) is 44.2 Å². The number of rotatable bonds is 10. The quantitative estimate of drug-likeness (QED) is 0.481. The predicted octanol–water partition coefficient (Wildman–Crippen LogP) is 4.34. The molecule has 1 heterocycles. The number of aromatic nitrogens is 1. The average molecular weight is 419 g/mol. The number of hydrogen-bond acceptors (Lipinski definition) is 2. The van der Waals surface area contributed by atoms with Crippen molar-refractivity contribution in [1.82, 2.24) is 10.3 Å². The minimum absolute atomic E-state index is 0.0174. The fourth-order valence-electron chi connectivity index (χ4n) is 4.13. The molecule has 164 valence electrons. The Morgan fingerprint density at radius 1 is 0.935 bits per heavy atom. The summed E-state index contributed by atoms with van der Waals surface area (Å²) in [5.74, 6) is -0.0174. The van der Waals surface area contributed by atoms with Gasteiger partial charge in [-0.3, -0.25) is 4.79 Å². The lowest BCUT2D eigenvalue weighted by Gasteiger charge is -2.18. The third-order valence-electron chi connectivity index (χ3n) is 5.96. The first kappa shape index (κ1) is 23.0. The van der Waals surface area contributed by atoms with Crippen LogP contribution in [-0.4, -0.2) is 37.1 Å². The molecule has 3 rings (SSSR count). The number of nitrogens with zero attached hydrogens (tertiary/aromatic N) is 1. The molecule has 0 bridgehead atoms. The molecule has 4 nitrogen and oxygen atoms in total. The van der Waals surface area contributed by atoms with Crippen LogP contribution in [0.15, 0.2) is 48.5 Å². The Morgan fingerprint density at radius 3 is 2.39 bits per heavy atom. The van der Waals surface area contributed by atoms with Gasteiger partial charge in [-0.15, -0.1) is 0 Å². The molecular weight excluding hydrogens is 382 g/mol. The molecule has 0 aliphatic rings. The Kier molecular flexibility index (Phi) is 8.19. The summed E-state index contributed by atoms with van der Waals surface area (Å²) in [5.41, 5.74) is 5.92. The van der Waals surface area contributed by atoms with Crippen LogP contribution in [0.4, 0.5) is 0 Å². The fourth-order valence-corrected chi connectivity index (χ4v) is 4.13. The molecule has 1 amide bonds. The Bertz CT molecular complexity index is 1020. The summed E-state index contributed by atoms with van der Waals surface area (Å²) in [5, 5.41) is 4.05. The minimum atomic E-state index is -0.0174. The van der Waals surface area contributed by atoms with Gasteiger partial charge in [-0.05, 0) is 56.0 Å². The summed E-state index contributed by atoms with van der Waals surface area (Å²) < 4.78 is 0. The zero-order valence-corrected chi connectivity index (χ0v) is 19.4. The Labute approximate surface area is 186 Å². The monoisotopic (exact) mass is 418 g/mol. The van der Waals surface area contributed by atoms with Crippen molar-refractivity contribution >= 4 is 16.8 Å². The average Bonchev–Trinajstić information content (AvgIpc) is 2.78. The van der Waals surface area contributed by atoms with Crippen LogP contribution in [0.3, 0.4) is 0 Å². The van der Waals surface area contributed by atoms with E-state index in [2.05, 4.69) is 51.2 Å². The number of hydrogen-bond donors (Lipinski definition) is 2. The molecular formula is C27H36N3O+. The van der Waals surface area contributed by atoms with Crippen molar-refractivity contribution in [2.45, 2.75) is 47.0 Å². The molecule has 0 radical (unpaired) electrons. The van der Waals surface area contributed by atoms with E-state index in [1.54, 1.807) is 4.90 Å². The van der Waals surface area contributed by atoms with E-state index in [0.717, 1.165) is 35.1 Å². The van der Waals surface area contributed by atoms with Gasteiger partial charge in [0, 0.05) is 23.9 Å². The van der Waals surface area contributed by atoms with Gasteiger partial charge >= 0.3 is 0 Å². The highest BCUT2D eigenvalue weighted by atomic mass is 16.1. The molecule has 4 heteroatoms. The Morgan fingerprint density at radius 2 is 1.68 bits per heavy atom. The van der Waals surface area contributed by atoms with E-state index in [-0.39, 0.29) is 5.91 Å². The maximum Gasteiger partial charge on any atom is 0.252 e. The molecule has 0 saturated carbocycles. The first-order valence-electron chi connectivity index (χ1n) is 11.6. The second-order valence-electron chi connectivity index (χ2n) is 8.48. The van der Waals surface area contributed by atoms with Crippen molar-refractivity contribution in [3.8, 4) is 11.3 Å². The van der Waals surface area contributed by atoms with Gasteiger partial charge in [0.2, 0.25) is 0 Å². The van der Waals surface area contributed by atoms with E-state index >= 15 is 0 Å². The second-order valence-corrected chi connectivity index (χ2v) is 8.48. The normalized spacial score (nSPS) is 11.3. The summed E-state index contributed by atoms with van der Waals surface area (Å²) in [7, 11) is 0. The largest absolute Gasteiger partial charge is 0.352 e. The van der Waals surface area contributed by atoms with Crippen LogP contribution in [0, 0.1) is 13.8 Å². The molecule has 0 atom stereocenters. The molecule has 0 spiro atoms. The number of carbonyl (C=O) groups excluding carboxylic acids is 1. The van der Waals surface area contributed by atoms with Crippen LogP contribution in [-0.2, 0) is 0 Å². The molecule has 0 aliphatic carbocycles. The van der Waals surface area contributed by atoms with E-state index < -0.39 is 0 Å². The number of aryl methyl sites for hydroxylation is 2. The third kappa shape index (κ3) is 5.92. The lowest BCUT2D eigenvalue weighted by molar-refractivity contribution is -0.900. The van der Waals surface area contributed by atoms with E-state index in [1.807, 2.05) is 30.3 Å². The lowest BCUT2D eigenvalue weighted by atomic mass is 10.0. The van der Waals surface area contributed by atoms with Gasteiger partial charge in [-0.2, -0.15) is 0 Å². The van der Waals surface area contributed by atoms with Crippen LogP contribution in [0.25, 0.3) is 22.2 Å². The first-order valence-corrected chi connectivity index (χ1v) is 11.6. The van der Waals surface area contributed by atoms with Crippen LogP contribution in [0.1, 0.15) is 54.6 Å². The van der Waals surface area contributed by atoms with Gasteiger partial charge in [0.15, 0.2) is 0 Å². The van der Waals surface area contributed by atoms with Crippen LogP contribution in [0.2, 0.25) is 0 Å². The Hall–Kier alpha value is -2.72. The van der Waals surface area contributed by atoms with Crippen molar-refractivity contribution in [2.75, 3.05) is 26.2 Å². The lowest BCUT2D eigenvalue weighted by Crippen LogP contribution is -3.12. The SMILES string of the molecule is CCC[NH+](CCC)CCCNC(=O)c1cc(-c2ccc(C)c(C)c2)nc2ccccc12. The maximum absolute atomic E-state index is 13.1. The zero-order chi connectivity index (χ0) is 22.2. The second kappa shape index (κ2) is 11.1. The first-order chi connectivity index (χ1) is 15.0. The van der Waals surface area contributed by atoms with Crippen molar-refractivity contribution in [3.05, 3.63) is 65.2 Å². The van der Waals surface area contributed by atoms with Crippen LogP contribution in [0.5, 0.6) is 0 Å². The molecule has 1 aromatic heterocycles. The number of pyridine rings is 1. The van der Waals surface area contributed by atoms with Crippen molar-refractivity contribution in [3.63, 3.8) is 0 Å². The van der Waals surface area contributed by atoms with Crippen LogP contribution < -0.4 is 10.2 Å². The number of para-hydroxylation sites is 1. The number of amides is 1. The summed E-state index contributed by atoms with van der Waals surface area (Å²) in [6.07, 6.45) is 3.39. The van der Waals surface area contributed by atoms with Crippen molar-refractivity contribution < 1.29 is 9.69 Å². The fraction of sp³-hybridized carbons (Fsp3) is 0.407. The molecule has 0 unspecified atom stereocenters. The van der Waals surface area contributed by atoms with Crippen molar-refractivity contribution in [2.24, 2.45) is 0 Å². The molecule has 0 saturated heterocycles. The number of carbonyl (C=O) groups is 1. The number of benzene rings is 2. The number of nitrogens with one attached hydrogen (secondary N) is 2. The van der Waals surface area contributed by atoms with Crippen LogP contribution >= 0.6 is 0 Å². The van der Waals surface area contributed by atoms with E-state index in [4.69, 9.17) is 4.98 Å². The van der Waals surface area contributed by atoms with Gasteiger partial charge in [0.25, 0.3) is 5.91 Å². The topological polar surface area (TPSA) is 46.4 Å². The molecule has 3 aromatic rings. The van der Waals surface area contributed by atoms with Gasteiger partial charge in [-0.25, -0.2) is 4.98 Å². The molecule has 31 heavy (non-hydrogen) atoms. The van der Waals surface area contributed by atoms with Crippen molar-refractivity contribution in [1.29, 1.82) is 0 Å². The highest BCUT2D eigenvalue weighted by Gasteiger charge is 2.14.